The van der Waals surface area contributed by atoms with Gasteiger partial charge >= 0.3 is 0 Å². The number of benzene rings is 3. The van der Waals surface area contributed by atoms with Crippen molar-refractivity contribution < 1.29 is 9.59 Å². The van der Waals surface area contributed by atoms with Gasteiger partial charge in [-0.1, -0.05) is 41.9 Å². The van der Waals surface area contributed by atoms with Crippen molar-refractivity contribution in [2.75, 3.05) is 5.32 Å². The lowest BCUT2D eigenvalue weighted by atomic mass is 10.1. The van der Waals surface area contributed by atoms with Crippen molar-refractivity contribution in [2.24, 2.45) is 5.73 Å². The second kappa shape index (κ2) is 7.02. The van der Waals surface area contributed by atoms with Crippen LogP contribution < -0.4 is 11.1 Å². The standard InChI is InChI=1S/C22H18ClN3O2/c1-13(27)25-18-7-3-2-5-14(18)12-26-19-8-4-6-17(22(24)28)21(19)16-10-9-15(23)11-20(16)26/h2-11H,12H2,1H3,(H2,24,28)(H,25,27). The molecule has 4 aromatic rings. The molecule has 4 rings (SSSR count). The SMILES string of the molecule is CC(=O)Nc1ccccc1Cn1c2cc(Cl)ccc2c2c(C(N)=O)cccc21. The second-order valence-electron chi connectivity index (χ2n) is 6.65. The minimum absolute atomic E-state index is 0.131. The number of rotatable bonds is 4. The zero-order chi connectivity index (χ0) is 19.8. The first-order valence-corrected chi connectivity index (χ1v) is 9.19. The predicted molar refractivity (Wildman–Crippen MR) is 113 cm³/mol. The van der Waals surface area contributed by atoms with Crippen LogP contribution in [0.5, 0.6) is 0 Å². The highest BCUT2D eigenvalue weighted by atomic mass is 35.5. The summed E-state index contributed by atoms with van der Waals surface area (Å²) >= 11 is 6.26. The third kappa shape index (κ3) is 3.10. The number of para-hydroxylation sites is 1. The summed E-state index contributed by atoms with van der Waals surface area (Å²) in [5.74, 6) is -0.605. The van der Waals surface area contributed by atoms with Gasteiger partial charge in [-0.15, -0.1) is 0 Å². The maximum atomic E-state index is 12.0. The van der Waals surface area contributed by atoms with Crippen molar-refractivity contribution in [3.05, 3.63) is 76.8 Å². The van der Waals surface area contributed by atoms with Crippen LogP contribution in [0.3, 0.4) is 0 Å². The first-order valence-electron chi connectivity index (χ1n) is 8.81. The Balaban J connectivity index is 1.99. The summed E-state index contributed by atoms with van der Waals surface area (Å²) in [6.07, 6.45) is 0. The molecule has 0 spiro atoms. The molecule has 0 atom stereocenters. The molecule has 0 fully saturated rings. The smallest absolute Gasteiger partial charge is 0.249 e. The Morgan fingerprint density at radius 3 is 2.57 bits per heavy atom. The van der Waals surface area contributed by atoms with Gasteiger partial charge in [-0.25, -0.2) is 0 Å². The van der Waals surface area contributed by atoms with E-state index in [-0.39, 0.29) is 5.91 Å². The molecular formula is C22H18ClN3O2. The highest BCUT2D eigenvalue weighted by Gasteiger charge is 2.17. The molecule has 28 heavy (non-hydrogen) atoms. The zero-order valence-corrected chi connectivity index (χ0v) is 16.0. The van der Waals surface area contributed by atoms with Crippen LogP contribution in [0.4, 0.5) is 5.69 Å². The number of amides is 2. The van der Waals surface area contributed by atoms with Gasteiger partial charge in [-0.2, -0.15) is 0 Å². The first kappa shape index (κ1) is 18.1. The van der Waals surface area contributed by atoms with E-state index in [1.807, 2.05) is 48.5 Å². The van der Waals surface area contributed by atoms with Gasteiger partial charge in [0.25, 0.3) is 0 Å². The van der Waals surface area contributed by atoms with E-state index in [9.17, 15) is 9.59 Å². The third-order valence-corrected chi connectivity index (χ3v) is 5.01. The summed E-state index contributed by atoms with van der Waals surface area (Å²) in [7, 11) is 0. The number of fused-ring (bicyclic) bond motifs is 3. The number of carbonyl (C=O) groups excluding carboxylic acids is 2. The van der Waals surface area contributed by atoms with Gasteiger partial charge < -0.3 is 15.6 Å². The Kier molecular flexibility index (Phi) is 4.53. The number of hydrogen-bond acceptors (Lipinski definition) is 2. The van der Waals surface area contributed by atoms with E-state index in [1.54, 1.807) is 12.1 Å². The number of carbonyl (C=O) groups is 2. The van der Waals surface area contributed by atoms with Crippen LogP contribution >= 0.6 is 11.6 Å². The number of anilines is 1. The Morgan fingerprint density at radius 2 is 1.82 bits per heavy atom. The number of primary amides is 1. The quantitative estimate of drug-likeness (QED) is 0.535. The summed E-state index contributed by atoms with van der Waals surface area (Å²) in [6, 6.07) is 18.7. The number of aromatic nitrogens is 1. The molecule has 0 bridgehead atoms. The predicted octanol–water partition coefficient (Wildman–Crippen LogP) is 4.55. The van der Waals surface area contributed by atoms with Crippen LogP contribution in [0.25, 0.3) is 21.8 Å². The molecule has 0 aliphatic carbocycles. The molecule has 3 N–H and O–H groups in total. The van der Waals surface area contributed by atoms with Crippen molar-refractivity contribution in [1.29, 1.82) is 0 Å². The van der Waals surface area contributed by atoms with Crippen molar-refractivity contribution in [2.45, 2.75) is 13.5 Å². The maximum Gasteiger partial charge on any atom is 0.249 e. The molecule has 0 unspecified atom stereocenters. The normalized spacial score (nSPS) is 11.1. The minimum atomic E-state index is -0.474. The average Bonchev–Trinajstić information content (AvgIpc) is 2.96. The molecule has 6 heteroatoms. The van der Waals surface area contributed by atoms with E-state index < -0.39 is 5.91 Å². The zero-order valence-electron chi connectivity index (χ0n) is 15.2. The van der Waals surface area contributed by atoms with Gasteiger partial charge in [0.05, 0.1) is 17.6 Å². The van der Waals surface area contributed by atoms with E-state index in [0.717, 1.165) is 33.1 Å². The summed E-state index contributed by atoms with van der Waals surface area (Å²) in [5.41, 5.74) is 9.56. The number of hydrogen-bond donors (Lipinski definition) is 2. The van der Waals surface area contributed by atoms with Crippen molar-refractivity contribution in [3.63, 3.8) is 0 Å². The molecule has 0 saturated carbocycles. The molecule has 140 valence electrons. The van der Waals surface area contributed by atoms with E-state index >= 15 is 0 Å². The maximum absolute atomic E-state index is 12.0. The fourth-order valence-electron chi connectivity index (χ4n) is 3.63. The van der Waals surface area contributed by atoms with Gasteiger partial charge in [0, 0.05) is 34.0 Å². The van der Waals surface area contributed by atoms with Crippen LogP contribution in [0.1, 0.15) is 22.8 Å². The van der Waals surface area contributed by atoms with Crippen LogP contribution in [-0.2, 0) is 11.3 Å². The Morgan fingerprint density at radius 1 is 1.04 bits per heavy atom. The molecule has 0 aliphatic rings. The van der Waals surface area contributed by atoms with E-state index in [4.69, 9.17) is 17.3 Å². The highest BCUT2D eigenvalue weighted by Crippen LogP contribution is 2.34. The lowest BCUT2D eigenvalue weighted by molar-refractivity contribution is -0.114. The minimum Gasteiger partial charge on any atom is -0.366 e. The summed E-state index contributed by atoms with van der Waals surface area (Å²) in [5, 5.41) is 5.19. The molecule has 0 saturated heterocycles. The van der Waals surface area contributed by atoms with Crippen molar-refractivity contribution in [1.82, 2.24) is 4.57 Å². The van der Waals surface area contributed by atoms with Crippen LogP contribution in [-0.4, -0.2) is 16.4 Å². The second-order valence-corrected chi connectivity index (χ2v) is 7.09. The van der Waals surface area contributed by atoms with Crippen LogP contribution in [0.15, 0.2) is 60.7 Å². The monoisotopic (exact) mass is 391 g/mol. The highest BCUT2D eigenvalue weighted by molar-refractivity contribution is 6.32. The van der Waals surface area contributed by atoms with Crippen LogP contribution in [0, 0.1) is 0 Å². The molecule has 1 aromatic heterocycles. The largest absolute Gasteiger partial charge is 0.366 e. The molecular weight excluding hydrogens is 374 g/mol. The number of nitrogens with two attached hydrogens (primary N) is 1. The molecule has 5 nitrogen and oxygen atoms in total. The van der Waals surface area contributed by atoms with Gasteiger partial charge in [0.15, 0.2) is 0 Å². The number of nitrogens with one attached hydrogen (secondary N) is 1. The summed E-state index contributed by atoms with van der Waals surface area (Å²) in [6.45, 7) is 1.98. The van der Waals surface area contributed by atoms with E-state index in [1.165, 1.54) is 6.92 Å². The van der Waals surface area contributed by atoms with Gasteiger partial charge in [0.2, 0.25) is 11.8 Å². The number of halogens is 1. The third-order valence-electron chi connectivity index (χ3n) is 4.78. The molecule has 1 heterocycles. The lowest BCUT2D eigenvalue weighted by Crippen LogP contribution is -2.11. The fraction of sp³-hybridized carbons (Fsp3) is 0.0909. The van der Waals surface area contributed by atoms with Gasteiger partial charge in [-0.3, -0.25) is 9.59 Å². The lowest BCUT2D eigenvalue weighted by Gasteiger charge is -2.13. The van der Waals surface area contributed by atoms with Crippen molar-refractivity contribution >= 4 is 50.9 Å². The fourth-order valence-corrected chi connectivity index (χ4v) is 3.80. The summed E-state index contributed by atoms with van der Waals surface area (Å²) < 4.78 is 2.09. The van der Waals surface area contributed by atoms with E-state index in [2.05, 4.69) is 9.88 Å². The van der Waals surface area contributed by atoms with E-state index in [0.29, 0.717) is 17.1 Å². The molecule has 3 aromatic carbocycles. The van der Waals surface area contributed by atoms with Gasteiger partial charge in [0.1, 0.15) is 0 Å². The topological polar surface area (TPSA) is 77.1 Å². The number of nitrogens with zero attached hydrogens (tertiary/aromatic N) is 1. The van der Waals surface area contributed by atoms with Crippen LogP contribution in [0.2, 0.25) is 5.02 Å². The first-order chi connectivity index (χ1) is 13.5. The van der Waals surface area contributed by atoms with Gasteiger partial charge in [-0.05, 0) is 35.9 Å². The summed E-state index contributed by atoms with van der Waals surface area (Å²) in [4.78, 5) is 23.6. The van der Waals surface area contributed by atoms with Crippen molar-refractivity contribution in [3.8, 4) is 0 Å². The molecule has 0 aliphatic heterocycles. The Bertz CT molecular complexity index is 1240. The Labute approximate surface area is 166 Å². The molecule has 0 radical (unpaired) electrons. The average molecular weight is 392 g/mol. The molecule has 2 amide bonds. The Hall–Kier alpha value is -3.31.